The summed E-state index contributed by atoms with van der Waals surface area (Å²) in [6.07, 6.45) is 5.57. The molecule has 0 bridgehead atoms. The molecule has 2 N–H and O–H groups in total. The fourth-order valence-corrected chi connectivity index (χ4v) is 3.84. The Labute approximate surface area is 188 Å². The van der Waals surface area contributed by atoms with Gasteiger partial charge < -0.3 is 20.2 Å². The Kier molecular flexibility index (Phi) is 11.5. The summed E-state index contributed by atoms with van der Waals surface area (Å²) in [4.78, 5) is 11.8. The van der Waals surface area contributed by atoms with E-state index in [1.807, 2.05) is 25.1 Å². The molecule has 0 saturated carbocycles. The highest BCUT2D eigenvalue weighted by Gasteiger charge is 2.21. The maximum atomic E-state index is 10.7. The second kappa shape index (κ2) is 14.1. The second-order valence-corrected chi connectivity index (χ2v) is 8.05. The summed E-state index contributed by atoms with van der Waals surface area (Å²) in [5, 5.41) is 14.1. The molecule has 2 unspecified atom stereocenters. The van der Waals surface area contributed by atoms with Crippen LogP contribution in [0.3, 0.4) is 0 Å². The molecule has 1 heterocycles. The van der Waals surface area contributed by atoms with E-state index >= 15 is 0 Å². The second-order valence-electron chi connectivity index (χ2n) is 8.05. The van der Waals surface area contributed by atoms with Gasteiger partial charge in [-0.1, -0.05) is 55.5 Å². The van der Waals surface area contributed by atoms with E-state index in [1.54, 1.807) is 0 Å². The van der Waals surface area contributed by atoms with Crippen LogP contribution in [0.15, 0.2) is 60.1 Å². The van der Waals surface area contributed by atoms with Crippen LogP contribution in [-0.2, 0) is 6.54 Å². The summed E-state index contributed by atoms with van der Waals surface area (Å²) in [6, 6.07) is 10.5. The molecule has 0 amide bonds. The van der Waals surface area contributed by atoms with Crippen LogP contribution in [0.5, 0.6) is 0 Å². The molecule has 1 aliphatic heterocycles. The third-order valence-corrected chi connectivity index (χ3v) is 5.64. The Morgan fingerprint density at radius 2 is 1.97 bits per heavy atom. The molecule has 0 radical (unpaired) electrons. The van der Waals surface area contributed by atoms with Crippen LogP contribution in [0.1, 0.15) is 26.3 Å². The van der Waals surface area contributed by atoms with E-state index in [0.29, 0.717) is 13.1 Å². The van der Waals surface area contributed by atoms with Crippen molar-refractivity contribution in [2.45, 2.75) is 39.6 Å². The van der Waals surface area contributed by atoms with Gasteiger partial charge in [-0.2, -0.15) is 0 Å². The number of allylic oxidation sites excluding steroid dienone is 1. The van der Waals surface area contributed by atoms with Crippen molar-refractivity contribution in [3.8, 4) is 0 Å². The number of piperazine rings is 1. The van der Waals surface area contributed by atoms with Gasteiger partial charge >= 0.3 is 0 Å². The highest BCUT2D eigenvalue weighted by molar-refractivity contribution is 5.84. The van der Waals surface area contributed by atoms with E-state index in [0.717, 1.165) is 51.6 Å². The molecule has 172 valence electrons. The molecular weight excluding hydrogens is 386 g/mol. The largest absolute Gasteiger partial charge is 0.377 e. The molecule has 6 heteroatoms. The monoisotopic (exact) mass is 427 g/mol. The number of aliphatic imine (C=N–C) groups is 1. The van der Waals surface area contributed by atoms with Crippen molar-refractivity contribution in [1.82, 2.24) is 20.0 Å². The van der Waals surface area contributed by atoms with Gasteiger partial charge in [0.15, 0.2) is 0 Å². The zero-order valence-electron chi connectivity index (χ0n) is 19.6. The van der Waals surface area contributed by atoms with Crippen LogP contribution in [0.4, 0.5) is 0 Å². The number of nitrogens with one attached hydrogen (secondary N) is 1. The quantitative estimate of drug-likeness (QED) is 0.305. The standard InChI is InChI=1S/C25H41N5O/c1-5-11-22(4)27-24(30(14-6-2)21-23-12-9-8-10-13-23)19-26-20-25(31)29-17-15-28(7-3)16-18-29/h5-6,8-13,22,25-26,31H,2,7,14-21H2,1,3-4H3/b11-5-,27-24?. The van der Waals surface area contributed by atoms with Crippen molar-refractivity contribution >= 4 is 5.84 Å². The van der Waals surface area contributed by atoms with Gasteiger partial charge in [-0.3, -0.25) is 9.89 Å². The normalized spacial score (nSPS) is 18.3. The van der Waals surface area contributed by atoms with Crippen LogP contribution < -0.4 is 5.32 Å². The summed E-state index contributed by atoms with van der Waals surface area (Å²) < 4.78 is 0. The molecule has 0 aromatic heterocycles. The molecule has 0 aliphatic carbocycles. The minimum absolute atomic E-state index is 0.0944. The lowest BCUT2D eigenvalue weighted by Gasteiger charge is -2.37. The van der Waals surface area contributed by atoms with Crippen molar-refractivity contribution in [1.29, 1.82) is 0 Å². The number of amidine groups is 1. The smallest absolute Gasteiger partial charge is 0.120 e. The number of aliphatic hydroxyl groups is 1. The number of likely N-dealkylation sites (N-methyl/N-ethyl adjacent to an activating group) is 1. The lowest BCUT2D eigenvalue weighted by Crippen LogP contribution is -2.53. The van der Waals surface area contributed by atoms with Crippen LogP contribution in [0.25, 0.3) is 0 Å². The zero-order chi connectivity index (χ0) is 22.5. The molecule has 1 fully saturated rings. The topological polar surface area (TPSA) is 54.3 Å². The fourth-order valence-electron chi connectivity index (χ4n) is 3.84. The average molecular weight is 428 g/mol. The number of hydrogen-bond donors (Lipinski definition) is 2. The number of aliphatic hydroxyl groups excluding tert-OH is 1. The molecule has 2 rings (SSSR count). The predicted molar refractivity (Wildman–Crippen MR) is 131 cm³/mol. The lowest BCUT2D eigenvalue weighted by atomic mass is 10.2. The summed E-state index contributed by atoms with van der Waals surface area (Å²) in [7, 11) is 0. The van der Waals surface area contributed by atoms with Crippen LogP contribution in [0, 0.1) is 0 Å². The molecule has 31 heavy (non-hydrogen) atoms. The number of hydrogen-bond acceptors (Lipinski definition) is 5. The highest BCUT2D eigenvalue weighted by Crippen LogP contribution is 2.08. The maximum Gasteiger partial charge on any atom is 0.120 e. The Morgan fingerprint density at radius 3 is 2.58 bits per heavy atom. The Bertz CT molecular complexity index is 682. The minimum atomic E-state index is -0.477. The first-order valence-electron chi connectivity index (χ1n) is 11.5. The van der Waals surface area contributed by atoms with Crippen molar-refractivity contribution < 1.29 is 5.11 Å². The van der Waals surface area contributed by atoms with E-state index in [4.69, 9.17) is 4.99 Å². The Morgan fingerprint density at radius 1 is 1.26 bits per heavy atom. The minimum Gasteiger partial charge on any atom is -0.377 e. The third kappa shape index (κ3) is 8.95. The molecule has 6 nitrogen and oxygen atoms in total. The SMILES string of the molecule is C=CCN(Cc1ccccc1)C(CNCC(O)N1CCN(CC)CC1)=NC(C)/C=C\C. The highest BCUT2D eigenvalue weighted by atomic mass is 16.3. The molecule has 0 spiro atoms. The van der Waals surface area contributed by atoms with Gasteiger partial charge in [0.1, 0.15) is 12.1 Å². The van der Waals surface area contributed by atoms with E-state index in [9.17, 15) is 5.11 Å². The van der Waals surface area contributed by atoms with Gasteiger partial charge in [0.05, 0.1) is 12.6 Å². The van der Waals surface area contributed by atoms with Crippen molar-refractivity contribution in [3.05, 3.63) is 60.7 Å². The van der Waals surface area contributed by atoms with Crippen LogP contribution in [0.2, 0.25) is 0 Å². The summed E-state index contributed by atoms with van der Waals surface area (Å²) in [5.41, 5.74) is 1.24. The number of rotatable bonds is 12. The lowest BCUT2D eigenvalue weighted by molar-refractivity contribution is -0.0223. The van der Waals surface area contributed by atoms with Gasteiger partial charge in [0, 0.05) is 45.8 Å². The summed E-state index contributed by atoms with van der Waals surface area (Å²) in [6.45, 7) is 17.8. The van der Waals surface area contributed by atoms with Crippen molar-refractivity contribution in [2.75, 3.05) is 52.4 Å². The van der Waals surface area contributed by atoms with E-state index in [1.165, 1.54) is 5.56 Å². The first-order chi connectivity index (χ1) is 15.1. The number of benzene rings is 1. The van der Waals surface area contributed by atoms with Crippen molar-refractivity contribution in [2.24, 2.45) is 4.99 Å². The first-order valence-corrected chi connectivity index (χ1v) is 11.5. The van der Waals surface area contributed by atoms with Gasteiger partial charge in [-0.05, 0) is 26.0 Å². The van der Waals surface area contributed by atoms with Gasteiger partial charge in [-0.25, -0.2) is 0 Å². The molecule has 1 aromatic carbocycles. The Hall–Kier alpha value is -1.99. The molecule has 1 aliphatic rings. The van der Waals surface area contributed by atoms with E-state index < -0.39 is 6.23 Å². The number of nitrogens with zero attached hydrogens (tertiary/aromatic N) is 4. The first kappa shape index (κ1) is 25.3. The summed E-state index contributed by atoms with van der Waals surface area (Å²) in [5.74, 6) is 0.984. The van der Waals surface area contributed by atoms with E-state index in [2.05, 4.69) is 70.8 Å². The third-order valence-electron chi connectivity index (χ3n) is 5.64. The maximum absolute atomic E-state index is 10.7. The molecule has 1 saturated heterocycles. The van der Waals surface area contributed by atoms with Crippen molar-refractivity contribution in [3.63, 3.8) is 0 Å². The zero-order valence-corrected chi connectivity index (χ0v) is 19.6. The predicted octanol–water partition coefficient (Wildman–Crippen LogP) is 2.58. The van der Waals surface area contributed by atoms with E-state index in [-0.39, 0.29) is 6.04 Å². The van der Waals surface area contributed by atoms with Crippen LogP contribution in [-0.4, -0.2) is 90.3 Å². The van der Waals surface area contributed by atoms with Gasteiger partial charge in [-0.15, -0.1) is 6.58 Å². The summed E-state index contributed by atoms with van der Waals surface area (Å²) >= 11 is 0. The van der Waals surface area contributed by atoms with Gasteiger partial charge in [0.25, 0.3) is 0 Å². The van der Waals surface area contributed by atoms with Gasteiger partial charge in [0.2, 0.25) is 0 Å². The molecule has 2 atom stereocenters. The average Bonchev–Trinajstić information content (AvgIpc) is 2.79. The Balaban J connectivity index is 2.00. The molecule has 1 aromatic rings. The van der Waals surface area contributed by atoms with Crippen LogP contribution >= 0.6 is 0 Å². The molecular formula is C25H41N5O. The fraction of sp³-hybridized carbons (Fsp3) is 0.560.